The molecule has 0 unspecified atom stereocenters. The van der Waals surface area contributed by atoms with Gasteiger partial charge >= 0.3 is 29.6 Å². The molecule has 0 radical (unpaired) electrons. The van der Waals surface area contributed by atoms with E-state index >= 15 is 0 Å². The number of benzene rings is 1. The molecule has 0 aliphatic carbocycles. The summed E-state index contributed by atoms with van der Waals surface area (Å²) in [6, 6.07) is 15.1. The van der Waals surface area contributed by atoms with Crippen molar-refractivity contribution in [2.24, 2.45) is 0 Å². The molecule has 0 fully saturated rings. The Kier molecular flexibility index (Phi) is 4.10. The molecule has 3 rings (SSSR count). The van der Waals surface area contributed by atoms with Crippen LogP contribution in [0, 0.1) is 0 Å². The second kappa shape index (κ2) is 5.61. The van der Waals surface area contributed by atoms with Crippen LogP contribution in [-0.4, -0.2) is 10.4 Å². The van der Waals surface area contributed by atoms with Crippen molar-refractivity contribution in [3.05, 3.63) is 66.5 Å². The third-order valence-corrected chi connectivity index (χ3v) is 2.94. The largest absolute Gasteiger partial charge is 1.00 e. The number of carboxylic acids is 1. The molecule has 4 heteroatoms. The number of carbonyl (C=O) groups is 1. The van der Waals surface area contributed by atoms with Gasteiger partial charge in [-0.15, -0.1) is 0 Å². The number of pyridine rings is 1. The van der Waals surface area contributed by atoms with Crippen LogP contribution < -0.4 is 34.7 Å². The Balaban J connectivity index is 0.00000133. The molecule has 3 aromatic rings. The molecular formula is C15H10NNaO2. The summed E-state index contributed by atoms with van der Waals surface area (Å²) < 4.78 is 1.90. The molecule has 0 spiro atoms. The number of aromatic nitrogens is 1. The van der Waals surface area contributed by atoms with Crippen molar-refractivity contribution in [1.29, 1.82) is 0 Å². The van der Waals surface area contributed by atoms with Crippen molar-refractivity contribution in [3.8, 4) is 11.1 Å². The minimum absolute atomic E-state index is 0. The van der Waals surface area contributed by atoms with Gasteiger partial charge in [0.05, 0.1) is 5.97 Å². The number of fused-ring (bicyclic) bond motifs is 1. The molecule has 0 bridgehead atoms. The van der Waals surface area contributed by atoms with Crippen LogP contribution in [0.3, 0.4) is 0 Å². The van der Waals surface area contributed by atoms with Crippen LogP contribution >= 0.6 is 0 Å². The van der Waals surface area contributed by atoms with Crippen LogP contribution in [0.1, 0.15) is 10.4 Å². The van der Waals surface area contributed by atoms with E-state index in [1.807, 2.05) is 47.0 Å². The van der Waals surface area contributed by atoms with E-state index in [1.54, 1.807) is 12.3 Å². The Bertz CT molecular complexity index is 719. The predicted octanol–water partition coefficient (Wildman–Crippen LogP) is -1.03. The minimum Gasteiger partial charge on any atom is -0.545 e. The van der Waals surface area contributed by atoms with Crippen molar-refractivity contribution in [2.75, 3.05) is 0 Å². The number of rotatable bonds is 2. The van der Waals surface area contributed by atoms with E-state index in [0.29, 0.717) is 0 Å². The van der Waals surface area contributed by atoms with E-state index in [1.165, 1.54) is 6.07 Å². The molecule has 2 heterocycles. The molecule has 88 valence electrons. The smallest absolute Gasteiger partial charge is 0.545 e. The van der Waals surface area contributed by atoms with Gasteiger partial charge in [0.2, 0.25) is 0 Å². The third kappa shape index (κ3) is 2.73. The summed E-state index contributed by atoms with van der Waals surface area (Å²) in [6.07, 6.45) is 3.70. The average molecular weight is 259 g/mol. The van der Waals surface area contributed by atoms with Gasteiger partial charge in [0.1, 0.15) is 0 Å². The first kappa shape index (κ1) is 13.9. The van der Waals surface area contributed by atoms with Gasteiger partial charge in [-0.1, -0.05) is 30.3 Å². The quantitative estimate of drug-likeness (QED) is 0.553. The fourth-order valence-electron chi connectivity index (χ4n) is 2.02. The van der Waals surface area contributed by atoms with Crippen LogP contribution in [0.15, 0.2) is 60.9 Å². The standard InChI is InChI=1S/C15H11NO2.Na/c17-15(18)12-6-7-16-10-13(9-14(16)8-12)11-4-2-1-3-5-11;/h1-10H,(H,17,18);/q;+1/p-1. The Hall–Kier alpha value is -1.55. The van der Waals surface area contributed by atoms with Crippen molar-refractivity contribution in [2.45, 2.75) is 0 Å². The number of carboxylic acid groups (broad SMARTS) is 1. The summed E-state index contributed by atoms with van der Waals surface area (Å²) in [4.78, 5) is 10.8. The Morgan fingerprint density at radius 1 is 1.00 bits per heavy atom. The number of nitrogens with zero attached hydrogens (tertiary/aromatic N) is 1. The number of hydrogen-bond donors (Lipinski definition) is 0. The van der Waals surface area contributed by atoms with E-state index in [9.17, 15) is 9.90 Å². The third-order valence-electron chi connectivity index (χ3n) is 2.94. The first-order valence-corrected chi connectivity index (χ1v) is 5.62. The molecule has 0 N–H and O–H groups in total. The molecule has 0 aliphatic heterocycles. The maximum atomic E-state index is 10.8. The van der Waals surface area contributed by atoms with Gasteiger partial charge in [-0.25, -0.2) is 0 Å². The summed E-state index contributed by atoms with van der Waals surface area (Å²) in [5.74, 6) is -1.15. The van der Waals surface area contributed by atoms with Gasteiger partial charge in [0.15, 0.2) is 0 Å². The molecule has 3 nitrogen and oxygen atoms in total. The fourth-order valence-corrected chi connectivity index (χ4v) is 2.02. The topological polar surface area (TPSA) is 44.5 Å². The van der Waals surface area contributed by atoms with E-state index in [-0.39, 0.29) is 35.1 Å². The monoisotopic (exact) mass is 259 g/mol. The average Bonchev–Trinajstić information content (AvgIpc) is 2.82. The molecule has 1 aromatic carbocycles. The summed E-state index contributed by atoms with van der Waals surface area (Å²) in [5.41, 5.74) is 3.21. The zero-order chi connectivity index (χ0) is 12.5. The molecule has 0 amide bonds. The molecule has 0 atom stereocenters. The van der Waals surface area contributed by atoms with Crippen molar-refractivity contribution in [3.63, 3.8) is 0 Å². The fraction of sp³-hybridized carbons (Fsp3) is 0. The predicted molar refractivity (Wildman–Crippen MR) is 67.2 cm³/mol. The zero-order valence-electron chi connectivity index (χ0n) is 10.5. The van der Waals surface area contributed by atoms with Crippen LogP contribution in [0.5, 0.6) is 0 Å². The summed E-state index contributed by atoms with van der Waals surface area (Å²) in [7, 11) is 0. The van der Waals surface area contributed by atoms with Crippen LogP contribution in [0.25, 0.3) is 16.6 Å². The van der Waals surface area contributed by atoms with Crippen LogP contribution in [0.2, 0.25) is 0 Å². The zero-order valence-corrected chi connectivity index (χ0v) is 12.5. The van der Waals surface area contributed by atoms with Gasteiger partial charge in [0, 0.05) is 29.0 Å². The SMILES string of the molecule is O=C([O-])c1ccn2cc(-c3ccccc3)cc2c1.[Na+]. The summed E-state index contributed by atoms with van der Waals surface area (Å²) in [6.45, 7) is 0. The van der Waals surface area contributed by atoms with Gasteiger partial charge in [0.25, 0.3) is 0 Å². The minimum atomic E-state index is -1.15. The molecule has 19 heavy (non-hydrogen) atoms. The van der Waals surface area contributed by atoms with E-state index in [0.717, 1.165) is 16.6 Å². The van der Waals surface area contributed by atoms with Gasteiger partial charge in [-0.3, -0.25) is 0 Å². The molecule has 0 aliphatic rings. The number of hydrogen-bond acceptors (Lipinski definition) is 2. The second-order valence-corrected chi connectivity index (χ2v) is 4.13. The maximum Gasteiger partial charge on any atom is 1.00 e. The normalized spacial score (nSPS) is 10.1. The van der Waals surface area contributed by atoms with E-state index < -0.39 is 5.97 Å². The van der Waals surface area contributed by atoms with Crippen molar-refractivity contribution < 1.29 is 39.5 Å². The van der Waals surface area contributed by atoms with Gasteiger partial charge < -0.3 is 14.3 Å². The second-order valence-electron chi connectivity index (χ2n) is 4.13. The van der Waals surface area contributed by atoms with Crippen molar-refractivity contribution in [1.82, 2.24) is 4.40 Å². The molecule has 0 saturated carbocycles. The van der Waals surface area contributed by atoms with Crippen LogP contribution in [-0.2, 0) is 0 Å². The van der Waals surface area contributed by atoms with Gasteiger partial charge in [-0.05, 0) is 23.8 Å². The molecule has 2 aromatic heterocycles. The summed E-state index contributed by atoms with van der Waals surface area (Å²) in [5, 5.41) is 10.8. The number of carbonyl (C=O) groups excluding carboxylic acids is 1. The Morgan fingerprint density at radius 2 is 1.74 bits per heavy atom. The first-order chi connectivity index (χ1) is 8.74. The van der Waals surface area contributed by atoms with E-state index in [4.69, 9.17) is 0 Å². The van der Waals surface area contributed by atoms with Gasteiger partial charge in [-0.2, -0.15) is 0 Å². The van der Waals surface area contributed by atoms with E-state index in [2.05, 4.69) is 0 Å². The van der Waals surface area contributed by atoms with Crippen LogP contribution in [0.4, 0.5) is 0 Å². The van der Waals surface area contributed by atoms with Crippen molar-refractivity contribution >= 4 is 11.5 Å². The number of aromatic carboxylic acids is 1. The molecule has 0 saturated heterocycles. The summed E-state index contributed by atoms with van der Waals surface area (Å²) >= 11 is 0. The first-order valence-electron chi connectivity index (χ1n) is 5.62. The maximum absolute atomic E-state index is 10.8. The molecular weight excluding hydrogens is 249 g/mol. The Morgan fingerprint density at radius 3 is 2.42 bits per heavy atom. The Labute approximate surface area is 132 Å².